The first-order valence-corrected chi connectivity index (χ1v) is 9.77. The van der Waals surface area contributed by atoms with Crippen LogP contribution in [0.5, 0.6) is 0 Å². The van der Waals surface area contributed by atoms with Crippen LogP contribution >= 0.6 is 0 Å². The third-order valence-corrected chi connectivity index (χ3v) is 5.60. The summed E-state index contributed by atoms with van der Waals surface area (Å²) in [5.74, 6) is 0.178. The topological polar surface area (TPSA) is 52.6 Å². The summed E-state index contributed by atoms with van der Waals surface area (Å²) >= 11 is 0. The van der Waals surface area contributed by atoms with Gasteiger partial charge in [-0.05, 0) is 13.0 Å². The van der Waals surface area contributed by atoms with Crippen molar-refractivity contribution in [1.82, 2.24) is 0 Å². The second-order valence-electron chi connectivity index (χ2n) is 6.04. The standard InChI is InChI=1S/C14H22O4Si/c1-10(15)18-9-14(2)12(17-3)7-11(16)8-13(14)19(4,5)6/h7-8H,9H2,1-6H3. The Labute approximate surface area is 115 Å². The number of methoxy groups -OCH3 is 1. The fourth-order valence-electron chi connectivity index (χ4n) is 2.49. The SMILES string of the molecule is COC1=CC(=O)C=C([Si](C)(C)C)C1(C)COC(C)=O. The van der Waals surface area contributed by atoms with Crippen molar-refractivity contribution in [3.05, 3.63) is 23.1 Å². The maximum atomic E-state index is 11.8. The van der Waals surface area contributed by atoms with E-state index in [1.807, 2.05) is 6.92 Å². The van der Waals surface area contributed by atoms with E-state index in [1.54, 1.807) is 6.08 Å². The lowest BCUT2D eigenvalue weighted by Crippen LogP contribution is -2.43. The molecule has 1 atom stereocenters. The van der Waals surface area contributed by atoms with E-state index in [-0.39, 0.29) is 18.4 Å². The van der Waals surface area contributed by atoms with Crippen molar-refractivity contribution in [2.45, 2.75) is 33.5 Å². The van der Waals surface area contributed by atoms with Gasteiger partial charge in [-0.15, -0.1) is 0 Å². The number of ketones is 1. The van der Waals surface area contributed by atoms with Crippen LogP contribution in [-0.4, -0.2) is 33.5 Å². The summed E-state index contributed by atoms with van der Waals surface area (Å²) in [6.45, 7) is 10.0. The molecular formula is C14H22O4Si. The molecule has 0 aromatic rings. The smallest absolute Gasteiger partial charge is 0.302 e. The molecule has 0 N–H and O–H groups in total. The molecular weight excluding hydrogens is 260 g/mol. The van der Waals surface area contributed by atoms with Crippen LogP contribution in [0.2, 0.25) is 19.6 Å². The minimum atomic E-state index is -1.74. The lowest BCUT2D eigenvalue weighted by atomic mass is 9.84. The largest absolute Gasteiger partial charge is 0.500 e. The highest BCUT2D eigenvalue weighted by Crippen LogP contribution is 2.43. The third-order valence-electron chi connectivity index (χ3n) is 3.29. The molecule has 4 nitrogen and oxygen atoms in total. The van der Waals surface area contributed by atoms with Gasteiger partial charge in [0, 0.05) is 13.0 Å². The van der Waals surface area contributed by atoms with Gasteiger partial charge in [-0.1, -0.05) is 24.8 Å². The van der Waals surface area contributed by atoms with Gasteiger partial charge in [-0.2, -0.15) is 0 Å². The van der Waals surface area contributed by atoms with Gasteiger partial charge in [0.1, 0.15) is 12.4 Å². The van der Waals surface area contributed by atoms with Crippen molar-refractivity contribution >= 4 is 19.8 Å². The van der Waals surface area contributed by atoms with Crippen LogP contribution in [0.25, 0.3) is 0 Å². The van der Waals surface area contributed by atoms with Crippen LogP contribution in [0.1, 0.15) is 13.8 Å². The molecule has 0 saturated carbocycles. The van der Waals surface area contributed by atoms with Crippen molar-refractivity contribution in [3.8, 4) is 0 Å². The first kappa shape index (κ1) is 15.7. The lowest BCUT2D eigenvalue weighted by molar-refractivity contribution is -0.143. The molecule has 5 heteroatoms. The number of hydrogen-bond acceptors (Lipinski definition) is 4. The number of rotatable bonds is 4. The van der Waals surface area contributed by atoms with Crippen LogP contribution < -0.4 is 0 Å². The Morgan fingerprint density at radius 3 is 2.32 bits per heavy atom. The summed E-state index contributed by atoms with van der Waals surface area (Å²) in [4.78, 5) is 22.9. The molecule has 1 aliphatic carbocycles. The number of ether oxygens (including phenoxy) is 2. The Kier molecular flexibility index (Phi) is 4.40. The van der Waals surface area contributed by atoms with Gasteiger partial charge in [0.2, 0.25) is 0 Å². The molecule has 1 aliphatic rings. The maximum absolute atomic E-state index is 11.8. The monoisotopic (exact) mass is 282 g/mol. The Hall–Kier alpha value is -1.36. The molecule has 0 saturated heterocycles. The van der Waals surface area contributed by atoms with Crippen molar-refractivity contribution in [2.24, 2.45) is 5.41 Å². The number of carbonyl (C=O) groups excluding carboxylic acids is 2. The van der Waals surface area contributed by atoms with Gasteiger partial charge >= 0.3 is 5.97 Å². The van der Waals surface area contributed by atoms with E-state index < -0.39 is 13.5 Å². The predicted octanol–water partition coefficient (Wildman–Crippen LogP) is 2.47. The summed E-state index contributed by atoms with van der Waals surface area (Å²) in [6, 6.07) is 0. The number of esters is 1. The summed E-state index contributed by atoms with van der Waals surface area (Å²) < 4.78 is 10.6. The van der Waals surface area contributed by atoms with E-state index in [4.69, 9.17) is 9.47 Å². The Bertz CT molecular complexity index is 457. The zero-order valence-corrected chi connectivity index (χ0v) is 13.5. The lowest BCUT2D eigenvalue weighted by Gasteiger charge is -2.40. The van der Waals surface area contributed by atoms with E-state index in [0.29, 0.717) is 5.76 Å². The van der Waals surface area contributed by atoms with E-state index in [1.165, 1.54) is 20.1 Å². The van der Waals surface area contributed by atoms with Crippen LogP contribution in [0, 0.1) is 5.41 Å². The minimum absolute atomic E-state index is 0.0606. The molecule has 0 aliphatic heterocycles. The first-order chi connectivity index (χ1) is 8.61. The Morgan fingerprint density at radius 2 is 1.89 bits per heavy atom. The Balaban J connectivity index is 3.25. The van der Waals surface area contributed by atoms with Crippen LogP contribution in [0.15, 0.2) is 23.1 Å². The molecule has 1 unspecified atom stereocenters. The van der Waals surface area contributed by atoms with Crippen molar-refractivity contribution in [3.63, 3.8) is 0 Å². The normalized spacial score (nSPS) is 23.6. The number of allylic oxidation sites excluding steroid dienone is 2. The molecule has 0 heterocycles. The fraction of sp³-hybridized carbons (Fsp3) is 0.571. The molecule has 106 valence electrons. The number of hydrogen-bond donors (Lipinski definition) is 0. The third kappa shape index (κ3) is 3.35. The second kappa shape index (κ2) is 5.33. The summed E-state index contributed by atoms with van der Waals surface area (Å²) in [5.41, 5.74) is -0.543. The highest BCUT2D eigenvalue weighted by atomic mass is 28.3. The Morgan fingerprint density at radius 1 is 1.32 bits per heavy atom. The van der Waals surface area contributed by atoms with Crippen molar-refractivity contribution in [2.75, 3.05) is 13.7 Å². The zero-order chi connectivity index (χ0) is 14.8. The molecule has 19 heavy (non-hydrogen) atoms. The quantitative estimate of drug-likeness (QED) is 0.587. The van der Waals surface area contributed by atoms with Gasteiger partial charge < -0.3 is 9.47 Å². The van der Waals surface area contributed by atoms with Gasteiger partial charge in [0.05, 0.1) is 20.6 Å². The van der Waals surface area contributed by atoms with Crippen molar-refractivity contribution < 1.29 is 19.1 Å². The van der Waals surface area contributed by atoms with E-state index in [2.05, 4.69) is 19.6 Å². The highest BCUT2D eigenvalue weighted by Gasteiger charge is 2.44. The first-order valence-electron chi connectivity index (χ1n) is 6.27. The summed E-state index contributed by atoms with van der Waals surface area (Å²) in [6.07, 6.45) is 3.16. The van der Waals surface area contributed by atoms with E-state index in [9.17, 15) is 9.59 Å². The average Bonchev–Trinajstić information content (AvgIpc) is 2.28. The molecule has 0 bridgehead atoms. The van der Waals surface area contributed by atoms with Crippen molar-refractivity contribution in [1.29, 1.82) is 0 Å². The van der Waals surface area contributed by atoms with E-state index >= 15 is 0 Å². The molecule has 0 radical (unpaired) electrons. The molecule has 0 aromatic carbocycles. The molecule has 1 rings (SSSR count). The second-order valence-corrected chi connectivity index (χ2v) is 11.1. The molecule has 0 spiro atoms. The minimum Gasteiger partial charge on any atom is -0.500 e. The van der Waals surface area contributed by atoms with Gasteiger partial charge in [0.25, 0.3) is 0 Å². The fourth-order valence-corrected chi connectivity index (χ4v) is 4.91. The van der Waals surface area contributed by atoms with Crippen LogP contribution in [0.4, 0.5) is 0 Å². The van der Waals surface area contributed by atoms with E-state index in [0.717, 1.165) is 5.20 Å². The predicted molar refractivity (Wildman–Crippen MR) is 76.3 cm³/mol. The summed E-state index contributed by atoms with van der Waals surface area (Å²) in [5, 5.41) is 1.05. The molecule has 0 aromatic heterocycles. The van der Waals surface area contributed by atoms with Gasteiger partial charge in [0.15, 0.2) is 5.78 Å². The highest BCUT2D eigenvalue weighted by molar-refractivity contribution is 6.83. The van der Waals surface area contributed by atoms with Gasteiger partial charge in [-0.25, -0.2) is 0 Å². The summed E-state index contributed by atoms with van der Waals surface area (Å²) in [7, 11) is -0.196. The zero-order valence-electron chi connectivity index (χ0n) is 12.5. The van der Waals surface area contributed by atoms with Crippen LogP contribution in [-0.2, 0) is 19.1 Å². The van der Waals surface area contributed by atoms with Gasteiger partial charge in [-0.3, -0.25) is 9.59 Å². The number of carbonyl (C=O) groups is 2. The average molecular weight is 282 g/mol. The maximum Gasteiger partial charge on any atom is 0.302 e. The molecule has 0 fully saturated rings. The molecule has 0 amide bonds. The van der Waals surface area contributed by atoms with Crippen LogP contribution in [0.3, 0.4) is 0 Å².